The number of phenols is 2. The molecular formula is C34H54O2. The fourth-order valence-corrected chi connectivity index (χ4v) is 5.16. The van der Waals surface area contributed by atoms with E-state index in [-0.39, 0.29) is 10.8 Å². The lowest BCUT2D eigenvalue weighted by Crippen LogP contribution is -2.18. The van der Waals surface area contributed by atoms with Crippen molar-refractivity contribution in [3.05, 3.63) is 57.6 Å². The van der Waals surface area contributed by atoms with Crippen molar-refractivity contribution in [1.82, 2.24) is 0 Å². The Hall–Kier alpha value is -1.96. The summed E-state index contributed by atoms with van der Waals surface area (Å²) in [7, 11) is 0. The average molecular weight is 495 g/mol. The van der Waals surface area contributed by atoms with Crippen LogP contribution in [0.3, 0.4) is 0 Å². The van der Waals surface area contributed by atoms with Crippen LogP contribution in [0.25, 0.3) is 0 Å². The van der Waals surface area contributed by atoms with Gasteiger partial charge in [-0.05, 0) is 94.6 Å². The van der Waals surface area contributed by atoms with E-state index in [9.17, 15) is 10.2 Å². The summed E-state index contributed by atoms with van der Waals surface area (Å²) in [6.45, 7) is 22.0. The van der Waals surface area contributed by atoms with Gasteiger partial charge in [-0.2, -0.15) is 0 Å². The first-order valence-corrected chi connectivity index (χ1v) is 14.3. The van der Waals surface area contributed by atoms with Crippen molar-refractivity contribution in [3.63, 3.8) is 0 Å². The van der Waals surface area contributed by atoms with E-state index in [2.05, 4.69) is 93.5 Å². The molecule has 2 N–H and O–H groups in total. The summed E-state index contributed by atoms with van der Waals surface area (Å²) < 4.78 is 0. The minimum absolute atomic E-state index is 0.0763. The van der Waals surface area contributed by atoms with Crippen LogP contribution in [-0.2, 0) is 36.5 Å². The quantitative estimate of drug-likeness (QED) is 0.305. The second kappa shape index (κ2) is 12.5. The van der Waals surface area contributed by atoms with Crippen LogP contribution in [0.4, 0.5) is 0 Å². The lowest BCUT2D eigenvalue weighted by molar-refractivity contribution is 0.422. The molecule has 0 aromatic heterocycles. The summed E-state index contributed by atoms with van der Waals surface area (Å²) in [4.78, 5) is 0. The molecule has 0 spiro atoms. The van der Waals surface area contributed by atoms with Crippen molar-refractivity contribution in [2.75, 3.05) is 0 Å². The van der Waals surface area contributed by atoms with Gasteiger partial charge in [0.2, 0.25) is 0 Å². The van der Waals surface area contributed by atoms with Crippen molar-refractivity contribution in [2.24, 2.45) is 11.8 Å². The summed E-state index contributed by atoms with van der Waals surface area (Å²) in [5.74, 6) is 2.08. The molecule has 0 amide bonds. The average Bonchev–Trinajstić information content (AvgIpc) is 2.72. The molecule has 2 nitrogen and oxygen atoms in total. The first-order chi connectivity index (χ1) is 16.6. The molecule has 0 bridgehead atoms. The number of unbranched alkanes of at least 4 members (excludes halogenated alkanes) is 3. The smallest absolute Gasteiger partial charge is 0.123 e. The lowest BCUT2D eigenvalue weighted by atomic mass is 9.78. The zero-order valence-corrected chi connectivity index (χ0v) is 25.0. The maximum atomic E-state index is 11.0. The monoisotopic (exact) mass is 494 g/mol. The Kier molecular flexibility index (Phi) is 10.5. The van der Waals surface area contributed by atoms with Crippen molar-refractivity contribution in [1.29, 1.82) is 0 Å². The van der Waals surface area contributed by atoms with Crippen LogP contribution in [0, 0.1) is 11.8 Å². The number of hydrogen-bond donors (Lipinski definition) is 2. The Morgan fingerprint density at radius 3 is 1.25 bits per heavy atom. The van der Waals surface area contributed by atoms with Gasteiger partial charge in [0.15, 0.2) is 0 Å². The predicted molar refractivity (Wildman–Crippen MR) is 157 cm³/mol. The van der Waals surface area contributed by atoms with Gasteiger partial charge in [-0.3, -0.25) is 0 Å². The predicted octanol–water partition coefficient (Wildman–Crippen LogP) is 9.44. The highest BCUT2D eigenvalue weighted by Gasteiger charge is 2.26. The van der Waals surface area contributed by atoms with Gasteiger partial charge < -0.3 is 10.2 Å². The van der Waals surface area contributed by atoms with E-state index in [4.69, 9.17) is 0 Å². The fraction of sp³-hybridized carbons (Fsp3) is 0.647. The van der Waals surface area contributed by atoms with Gasteiger partial charge in [-0.15, -0.1) is 0 Å². The molecule has 0 saturated heterocycles. The number of phenolic OH excluding ortho intramolecular Hbond substituents is 2. The van der Waals surface area contributed by atoms with Gasteiger partial charge >= 0.3 is 0 Å². The first kappa shape index (κ1) is 30.3. The van der Waals surface area contributed by atoms with Crippen LogP contribution in [-0.4, -0.2) is 10.2 Å². The Balaban J connectivity index is 2.00. The molecule has 0 aliphatic rings. The highest BCUT2D eigenvalue weighted by molar-refractivity contribution is 5.50. The SMILES string of the molecule is CC(C)Cc1cc(CCCCCCc2cc(C(C)(C)C)c(O)c(C(C)(C)C)c2)cc(CC(C)C)c1O. The molecule has 0 unspecified atom stereocenters. The fourth-order valence-electron chi connectivity index (χ4n) is 5.16. The van der Waals surface area contributed by atoms with Gasteiger partial charge in [0.1, 0.15) is 11.5 Å². The van der Waals surface area contributed by atoms with Crippen molar-refractivity contribution in [2.45, 2.75) is 131 Å². The second-order valence-corrected chi connectivity index (χ2v) is 13.9. The molecule has 36 heavy (non-hydrogen) atoms. The minimum atomic E-state index is -0.0763. The third-order valence-electron chi connectivity index (χ3n) is 7.05. The molecule has 0 aliphatic carbocycles. The highest BCUT2D eigenvalue weighted by atomic mass is 16.3. The molecule has 2 rings (SSSR count). The molecule has 0 aliphatic heterocycles. The zero-order valence-electron chi connectivity index (χ0n) is 25.0. The molecule has 0 atom stereocenters. The van der Waals surface area contributed by atoms with Crippen LogP contribution in [0.15, 0.2) is 24.3 Å². The molecule has 202 valence electrons. The summed E-state index contributed by atoms with van der Waals surface area (Å²) in [6.07, 6.45) is 8.80. The largest absolute Gasteiger partial charge is 0.507 e. The van der Waals surface area contributed by atoms with Crippen molar-refractivity contribution >= 4 is 0 Å². The summed E-state index contributed by atoms with van der Waals surface area (Å²) in [5.41, 5.74) is 6.93. The Morgan fingerprint density at radius 1 is 0.556 bits per heavy atom. The van der Waals surface area contributed by atoms with Gasteiger partial charge in [0.05, 0.1) is 0 Å². The molecule has 0 radical (unpaired) electrons. The maximum absolute atomic E-state index is 11.0. The summed E-state index contributed by atoms with van der Waals surface area (Å²) in [5, 5.41) is 21.8. The Bertz CT molecular complexity index is 917. The van der Waals surface area contributed by atoms with Crippen LogP contribution in [0.5, 0.6) is 11.5 Å². The highest BCUT2D eigenvalue weighted by Crippen LogP contribution is 2.40. The Labute approximate surface area is 222 Å². The molecule has 0 saturated carbocycles. The van der Waals surface area contributed by atoms with E-state index < -0.39 is 0 Å². The summed E-state index contributed by atoms with van der Waals surface area (Å²) >= 11 is 0. The van der Waals surface area contributed by atoms with E-state index in [0.717, 1.165) is 47.9 Å². The Morgan fingerprint density at radius 2 is 0.917 bits per heavy atom. The van der Waals surface area contributed by atoms with E-state index in [1.165, 1.54) is 36.8 Å². The van der Waals surface area contributed by atoms with Crippen LogP contribution >= 0.6 is 0 Å². The molecule has 0 heterocycles. The number of benzene rings is 2. The standard InChI is InChI=1S/C34H54O2/c1-23(2)17-27-19-25(20-28(31(27)35)18-24(3)4)15-13-11-12-14-16-26-21-29(33(5,6)7)32(36)30(22-26)34(8,9)10/h19-24,35-36H,11-18H2,1-10H3. The number of aryl methyl sites for hydroxylation is 2. The number of hydrogen-bond acceptors (Lipinski definition) is 2. The topological polar surface area (TPSA) is 40.5 Å². The normalized spacial score (nSPS) is 12.7. The third-order valence-corrected chi connectivity index (χ3v) is 7.05. The van der Waals surface area contributed by atoms with E-state index in [0.29, 0.717) is 23.3 Å². The molecule has 0 fully saturated rings. The first-order valence-electron chi connectivity index (χ1n) is 14.3. The van der Waals surface area contributed by atoms with E-state index in [1.54, 1.807) is 0 Å². The number of aromatic hydroxyl groups is 2. The van der Waals surface area contributed by atoms with Crippen LogP contribution in [0.2, 0.25) is 0 Å². The maximum Gasteiger partial charge on any atom is 0.123 e. The lowest BCUT2D eigenvalue weighted by Gasteiger charge is -2.28. The van der Waals surface area contributed by atoms with Gasteiger partial charge in [-0.25, -0.2) is 0 Å². The third kappa shape index (κ3) is 8.86. The molecule has 2 aromatic rings. The van der Waals surface area contributed by atoms with E-state index >= 15 is 0 Å². The van der Waals surface area contributed by atoms with Gasteiger partial charge in [0.25, 0.3) is 0 Å². The molecule has 2 aromatic carbocycles. The summed E-state index contributed by atoms with van der Waals surface area (Å²) in [6, 6.07) is 8.95. The number of rotatable bonds is 11. The van der Waals surface area contributed by atoms with Gasteiger partial charge in [-0.1, -0.05) is 106 Å². The van der Waals surface area contributed by atoms with Gasteiger partial charge in [0, 0.05) is 0 Å². The van der Waals surface area contributed by atoms with E-state index in [1.807, 2.05) is 0 Å². The van der Waals surface area contributed by atoms with Crippen molar-refractivity contribution < 1.29 is 10.2 Å². The minimum Gasteiger partial charge on any atom is -0.507 e. The molecular weight excluding hydrogens is 440 g/mol. The van der Waals surface area contributed by atoms with Crippen LogP contribution in [0.1, 0.15) is 128 Å². The zero-order chi connectivity index (χ0) is 27.3. The van der Waals surface area contributed by atoms with Crippen molar-refractivity contribution in [3.8, 4) is 11.5 Å². The second-order valence-electron chi connectivity index (χ2n) is 13.9. The molecule has 2 heteroatoms. The van der Waals surface area contributed by atoms with Crippen LogP contribution < -0.4 is 0 Å².